The Balaban J connectivity index is 1.51. The van der Waals surface area contributed by atoms with Crippen molar-refractivity contribution in [1.82, 2.24) is 0 Å². The summed E-state index contributed by atoms with van der Waals surface area (Å²) in [5.74, 6) is -0.0611. The van der Waals surface area contributed by atoms with E-state index in [0.717, 1.165) is 16.7 Å². The maximum atomic E-state index is 12.8. The fourth-order valence-electron chi connectivity index (χ4n) is 4.01. The minimum absolute atomic E-state index is 0.111. The van der Waals surface area contributed by atoms with Crippen molar-refractivity contribution in [3.63, 3.8) is 0 Å². The first kappa shape index (κ1) is 22.0. The van der Waals surface area contributed by atoms with Gasteiger partial charge in [0.25, 0.3) is 0 Å². The first-order valence-corrected chi connectivity index (χ1v) is 11.0. The molecule has 0 saturated carbocycles. The molecule has 2 N–H and O–H groups in total. The van der Waals surface area contributed by atoms with Crippen molar-refractivity contribution < 1.29 is 23.5 Å². The van der Waals surface area contributed by atoms with Crippen molar-refractivity contribution in [3.8, 4) is 28.2 Å². The Morgan fingerprint density at radius 3 is 2.14 bits per heavy atom. The molecule has 0 bridgehead atoms. The molecular weight excluding hydrogens is 442 g/mol. The summed E-state index contributed by atoms with van der Waals surface area (Å²) in [5.41, 5.74) is 9.53. The first-order chi connectivity index (χ1) is 17.1. The zero-order valence-electron chi connectivity index (χ0n) is 18.6. The van der Waals surface area contributed by atoms with Gasteiger partial charge in [-0.15, -0.1) is 0 Å². The molecule has 0 radical (unpaired) electrons. The van der Waals surface area contributed by atoms with Crippen LogP contribution in [0.3, 0.4) is 0 Å². The van der Waals surface area contributed by atoms with E-state index in [9.17, 15) is 9.59 Å². The Morgan fingerprint density at radius 1 is 0.771 bits per heavy atom. The molecule has 5 rings (SSSR count). The van der Waals surface area contributed by atoms with Crippen molar-refractivity contribution in [2.24, 2.45) is 5.73 Å². The van der Waals surface area contributed by atoms with Gasteiger partial charge in [0.1, 0.15) is 29.3 Å². The minimum Gasteiger partial charge on any atom is -0.489 e. The van der Waals surface area contributed by atoms with Crippen LogP contribution in [0.5, 0.6) is 5.75 Å². The number of benzene rings is 4. The monoisotopic (exact) mass is 463 g/mol. The number of amides is 1. The molecule has 35 heavy (non-hydrogen) atoms. The van der Waals surface area contributed by atoms with E-state index in [4.69, 9.17) is 19.6 Å². The highest BCUT2D eigenvalue weighted by atomic mass is 16.6. The molecule has 0 spiro atoms. The van der Waals surface area contributed by atoms with Gasteiger partial charge in [0.05, 0.1) is 0 Å². The SMILES string of the molecule is NC(=O)OC(=O)c1c(-c2ccccc2)oc2ccc(OCc3ccccc3-c3ccccc3)cc12. The summed E-state index contributed by atoms with van der Waals surface area (Å²) in [5, 5.41) is 0.462. The van der Waals surface area contributed by atoms with Crippen LogP contribution in [0.2, 0.25) is 0 Å². The molecule has 0 unspecified atom stereocenters. The van der Waals surface area contributed by atoms with Gasteiger partial charge in [-0.2, -0.15) is 0 Å². The van der Waals surface area contributed by atoms with Gasteiger partial charge in [0.15, 0.2) is 0 Å². The van der Waals surface area contributed by atoms with E-state index in [-0.39, 0.29) is 5.56 Å². The van der Waals surface area contributed by atoms with Gasteiger partial charge < -0.3 is 19.6 Å². The van der Waals surface area contributed by atoms with Gasteiger partial charge in [0, 0.05) is 10.9 Å². The third-order valence-corrected chi connectivity index (χ3v) is 5.59. The van der Waals surface area contributed by atoms with Gasteiger partial charge in [-0.25, -0.2) is 9.59 Å². The second-order valence-electron chi connectivity index (χ2n) is 7.85. The Hall–Kier alpha value is -4.84. The van der Waals surface area contributed by atoms with Crippen LogP contribution >= 0.6 is 0 Å². The predicted molar refractivity (Wildman–Crippen MR) is 133 cm³/mol. The summed E-state index contributed by atoms with van der Waals surface area (Å²) in [6.45, 7) is 0.320. The number of rotatable bonds is 6. The third-order valence-electron chi connectivity index (χ3n) is 5.59. The van der Waals surface area contributed by atoms with E-state index in [2.05, 4.69) is 18.2 Å². The molecule has 0 aliphatic heterocycles. The smallest absolute Gasteiger partial charge is 0.412 e. The van der Waals surface area contributed by atoms with Crippen LogP contribution in [0.15, 0.2) is 108 Å². The number of ether oxygens (including phenoxy) is 2. The summed E-state index contributed by atoms with van der Waals surface area (Å²) >= 11 is 0. The summed E-state index contributed by atoms with van der Waals surface area (Å²) in [6.07, 6.45) is -1.19. The maximum absolute atomic E-state index is 12.8. The van der Waals surface area contributed by atoms with E-state index < -0.39 is 12.1 Å². The van der Waals surface area contributed by atoms with Crippen molar-refractivity contribution in [2.45, 2.75) is 6.61 Å². The van der Waals surface area contributed by atoms with Crippen LogP contribution in [0, 0.1) is 0 Å². The molecule has 1 heterocycles. The maximum Gasteiger partial charge on any atom is 0.412 e. The van der Waals surface area contributed by atoms with Crippen LogP contribution in [-0.2, 0) is 11.3 Å². The normalized spacial score (nSPS) is 10.7. The van der Waals surface area contributed by atoms with Crippen LogP contribution in [0.1, 0.15) is 15.9 Å². The summed E-state index contributed by atoms with van der Waals surface area (Å²) < 4.78 is 16.8. The average molecular weight is 463 g/mol. The van der Waals surface area contributed by atoms with Crippen LogP contribution in [0.4, 0.5) is 4.79 Å². The molecular formula is C29H21NO5. The lowest BCUT2D eigenvalue weighted by molar-refractivity contribution is 0.0640. The van der Waals surface area contributed by atoms with Crippen molar-refractivity contribution in [3.05, 3.63) is 114 Å². The molecule has 0 aliphatic rings. The summed E-state index contributed by atoms with van der Waals surface area (Å²) in [4.78, 5) is 24.1. The number of hydrogen-bond acceptors (Lipinski definition) is 5. The van der Waals surface area contributed by atoms with Crippen LogP contribution in [0.25, 0.3) is 33.4 Å². The van der Waals surface area contributed by atoms with Gasteiger partial charge in [-0.1, -0.05) is 84.9 Å². The molecule has 0 fully saturated rings. The number of primary amides is 1. The molecule has 1 aromatic heterocycles. The number of nitrogens with two attached hydrogens (primary N) is 1. The topological polar surface area (TPSA) is 91.8 Å². The Bertz CT molecular complexity index is 1510. The second kappa shape index (κ2) is 9.57. The average Bonchev–Trinajstić information content (AvgIpc) is 3.27. The molecule has 0 saturated heterocycles. The van der Waals surface area contributed by atoms with Gasteiger partial charge >= 0.3 is 12.1 Å². The van der Waals surface area contributed by atoms with Gasteiger partial charge in [-0.3, -0.25) is 0 Å². The minimum atomic E-state index is -1.19. The second-order valence-corrected chi connectivity index (χ2v) is 7.85. The number of esters is 1. The molecule has 4 aromatic carbocycles. The Morgan fingerprint density at radius 2 is 1.43 bits per heavy atom. The van der Waals surface area contributed by atoms with Crippen LogP contribution < -0.4 is 10.5 Å². The number of carbonyl (C=O) groups excluding carboxylic acids is 2. The predicted octanol–water partition coefficient (Wildman–Crippen LogP) is 6.58. The highest BCUT2D eigenvalue weighted by Gasteiger charge is 2.25. The molecule has 6 nitrogen and oxygen atoms in total. The van der Waals surface area contributed by atoms with Gasteiger partial charge in [-0.05, 0) is 34.9 Å². The molecule has 5 aromatic rings. The number of hydrogen-bond donors (Lipinski definition) is 1. The fourth-order valence-corrected chi connectivity index (χ4v) is 4.01. The standard InChI is InChI=1S/C29H21NO5/c30-29(32)35-28(31)26-24-17-22(15-16-25(24)34-27(26)20-11-5-2-6-12-20)33-18-21-13-7-8-14-23(21)19-9-3-1-4-10-19/h1-17H,18H2,(H2,30,32). The van der Waals surface area contributed by atoms with E-state index in [1.54, 1.807) is 30.3 Å². The Kier molecular flexibility index (Phi) is 6.01. The largest absolute Gasteiger partial charge is 0.489 e. The first-order valence-electron chi connectivity index (χ1n) is 11.0. The van der Waals surface area contributed by atoms with E-state index in [0.29, 0.717) is 34.6 Å². The van der Waals surface area contributed by atoms with Crippen molar-refractivity contribution in [2.75, 3.05) is 0 Å². The third kappa shape index (κ3) is 4.63. The summed E-state index contributed by atoms with van der Waals surface area (Å²) in [6, 6.07) is 32.4. The lowest BCUT2D eigenvalue weighted by atomic mass is 10.0. The molecule has 1 amide bonds. The fraction of sp³-hybridized carbons (Fsp3) is 0.0345. The highest BCUT2D eigenvalue weighted by Crippen LogP contribution is 2.36. The zero-order valence-corrected chi connectivity index (χ0v) is 18.6. The van der Waals surface area contributed by atoms with Crippen molar-refractivity contribution >= 4 is 23.0 Å². The number of furan rings is 1. The van der Waals surface area contributed by atoms with E-state index in [1.165, 1.54) is 0 Å². The van der Waals surface area contributed by atoms with Crippen molar-refractivity contribution in [1.29, 1.82) is 0 Å². The summed E-state index contributed by atoms with van der Waals surface area (Å²) in [7, 11) is 0. The molecule has 0 atom stereocenters. The quantitative estimate of drug-likeness (QED) is 0.227. The number of carbonyl (C=O) groups is 2. The lowest BCUT2D eigenvalue weighted by Gasteiger charge is -2.11. The zero-order chi connectivity index (χ0) is 24.2. The molecule has 172 valence electrons. The van der Waals surface area contributed by atoms with Crippen LogP contribution in [-0.4, -0.2) is 12.1 Å². The van der Waals surface area contributed by atoms with Gasteiger partial charge in [0.2, 0.25) is 0 Å². The van der Waals surface area contributed by atoms with E-state index in [1.807, 2.05) is 54.6 Å². The highest BCUT2D eigenvalue weighted by molar-refractivity contribution is 6.11. The lowest BCUT2D eigenvalue weighted by Crippen LogP contribution is -2.18. The molecule has 6 heteroatoms. The van der Waals surface area contributed by atoms with E-state index >= 15 is 0 Å². The molecule has 0 aliphatic carbocycles. The Labute approximate surface area is 201 Å². The number of fused-ring (bicyclic) bond motifs is 1.